The van der Waals surface area contributed by atoms with Crippen molar-refractivity contribution in [1.29, 1.82) is 0 Å². The lowest BCUT2D eigenvalue weighted by Crippen LogP contribution is -2.44. The van der Waals surface area contributed by atoms with Gasteiger partial charge in [-0.1, -0.05) is 12.1 Å². The standard InChI is InChI=1S/C22H36N4O5S/c1-17(2)31-15-3-11-25-22(28)19-9-13-26(14-10-19)16-21(27)24-12-8-18-4-6-20(7-5-18)32(23,29)30/h4-7,17,19H,3,8-16H2,1-2H3,(H,24,27)(H,25,28)(H2,23,29,30). The summed E-state index contributed by atoms with van der Waals surface area (Å²) in [5.74, 6) is 0.0342. The fourth-order valence-corrected chi connectivity index (χ4v) is 4.07. The first kappa shape index (κ1) is 26.2. The number of nitrogens with zero attached hydrogens (tertiary/aromatic N) is 1. The number of sulfonamides is 1. The maximum atomic E-state index is 12.3. The molecule has 1 fully saturated rings. The van der Waals surface area contributed by atoms with E-state index in [0.717, 1.165) is 37.9 Å². The Balaban J connectivity index is 1.59. The minimum absolute atomic E-state index is 0.000588. The molecule has 1 aromatic rings. The first-order chi connectivity index (χ1) is 15.1. The van der Waals surface area contributed by atoms with Crippen LogP contribution in [0.3, 0.4) is 0 Å². The van der Waals surface area contributed by atoms with E-state index in [2.05, 4.69) is 15.5 Å². The molecule has 1 aliphatic rings. The van der Waals surface area contributed by atoms with E-state index < -0.39 is 10.0 Å². The number of likely N-dealkylation sites (tertiary alicyclic amines) is 1. The van der Waals surface area contributed by atoms with Gasteiger partial charge in [0.25, 0.3) is 0 Å². The van der Waals surface area contributed by atoms with Gasteiger partial charge in [-0.25, -0.2) is 13.6 Å². The normalized spacial score (nSPS) is 15.6. The Kier molecular flexibility index (Phi) is 10.6. The summed E-state index contributed by atoms with van der Waals surface area (Å²) in [5.41, 5.74) is 0.917. The van der Waals surface area contributed by atoms with Gasteiger partial charge < -0.3 is 15.4 Å². The molecule has 4 N–H and O–H groups in total. The number of carbonyl (C=O) groups excluding carboxylic acids is 2. The fraction of sp³-hybridized carbons (Fsp3) is 0.636. The van der Waals surface area contributed by atoms with E-state index in [-0.39, 0.29) is 28.7 Å². The van der Waals surface area contributed by atoms with E-state index in [9.17, 15) is 18.0 Å². The average Bonchev–Trinajstić information content (AvgIpc) is 2.73. The minimum atomic E-state index is -3.69. The van der Waals surface area contributed by atoms with Gasteiger partial charge in [0.05, 0.1) is 17.5 Å². The summed E-state index contributed by atoms with van der Waals surface area (Å²) in [4.78, 5) is 26.6. The summed E-state index contributed by atoms with van der Waals surface area (Å²) < 4.78 is 28.0. The van der Waals surface area contributed by atoms with Crippen LogP contribution >= 0.6 is 0 Å². The van der Waals surface area contributed by atoms with E-state index in [4.69, 9.17) is 9.88 Å². The van der Waals surface area contributed by atoms with E-state index in [1.807, 2.05) is 13.8 Å². The molecule has 0 aliphatic carbocycles. The monoisotopic (exact) mass is 468 g/mol. The molecule has 180 valence electrons. The second-order valence-electron chi connectivity index (χ2n) is 8.40. The maximum absolute atomic E-state index is 12.3. The van der Waals surface area contributed by atoms with Crippen LogP contribution in [0.2, 0.25) is 0 Å². The molecule has 0 radical (unpaired) electrons. The molecular weight excluding hydrogens is 432 g/mol. The number of ether oxygens (including phenoxy) is 1. The molecular formula is C22H36N4O5S. The van der Waals surface area contributed by atoms with Gasteiger partial charge in [-0.2, -0.15) is 0 Å². The average molecular weight is 469 g/mol. The Morgan fingerprint density at radius 2 is 1.78 bits per heavy atom. The van der Waals surface area contributed by atoms with E-state index in [1.54, 1.807) is 12.1 Å². The highest BCUT2D eigenvalue weighted by Gasteiger charge is 2.25. The van der Waals surface area contributed by atoms with Gasteiger partial charge in [-0.3, -0.25) is 14.5 Å². The minimum Gasteiger partial charge on any atom is -0.379 e. The Labute approximate surface area is 191 Å². The lowest BCUT2D eigenvalue weighted by molar-refractivity contribution is -0.126. The van der Waals surface area contributed by atoms with Gasteiger partial charge in [-0.15, -0.1) is 0 Å². The number of amides is 2. The molecule has 0 spiro atoms. The van der Waals surface area contributed by atoms with Crippen LogP contribution in [-0.2, 0) is 30.8 Å². The second-order valence-corrected chi connectivity index (χ2v) is 9.96. The largest absolute Gasteiger partial charge is 0.379 e. The molecule has 0 unspecified atom stereocenters. The lowest BCUT2D eigenvalue weighted by atomic mass is 9.96. The van der Waals surface area contributed by atoms with Gasteiger partial charge in [0.2, 0.25) is 21.8 Å². The molecule has 1 heterocycles. The SMILES string of the molecule is CC(C)OCCCNC(=O)C1CCN(CC(=O)NCCc2ccc(S(N)(=O)=O)cc2)CC1. The molecule has 1 saturated heterocycles. The smallest absolute Gasteiger partial charge is 0.238 e. The van der Waals surface area contributed by atoms with Crippen LogP contribution in [0.4, 0.5) is 0 Å². The zero-order valence-corrected chi connectivity index (χ0v) is 19.8. The highest BCUT2D eigenvalue weighted by Crippen LogP contribution is 2.17. The number of hydrogen-bond donors (Lipinski definition) is 3. The molecule has 9 nitrogen and oxygen atoms in total. The van der Waals surface area contributed by atoms with Crippen molar-refractivity contribution in [2.75, 3.05) is 39.3 Å². The predicted octanol–water partition coefficient (Wildman–Crippen LogP) is 0.636. The van der Waals surface area contributed by atoms with Crippen LogP contribution in [-0.4, -0.2) is 70.6 Å². The van der Waals surface area contributed by atoms with Crippen molar-refractivity contribution < 1.29 is 22.7 Å². The second kappa shape index (κ2) is 12.9. The van der Waals surface area contributed by atoms with Crippen molar-refractivity contribution in [3.63, 3.8) is 0 Å². The molecule has 0 aromatic heterocycles. The van der Waals surface area contributed by atoms with Crippen LogP contribution in [0.25, 0.3) is 0 Å². The number of nitrogens with two attached hydrogens (primary N) is 1. The van der Waals surface area contributed by atoms with Crippen LogP contribution in [0.5, 0.6) is 0 Å². The molecule has 32 heavy (non-hydrogen) atoms. The van der Waals surface area contributed by atoms with Crippen LogP contribution < -0.4 is 15.8 Å². The van der Waals surface area contributed by atoms with Crippen LogP contribution in [0.15, 0.2) is 29.2 Å². The quantitative estimate of drug-likeness (QED) is 0.386. The topological polar surface area (TPSA) is 131 Å². The third kappa shape index (κ3) is 9.64. The number of primary sulfonamides is 1. The van der Waals surface area contributed by atoms with Crippen molar-refractivity contribution in [2.45, 2.75) is 50.5 Å². The number of piperidine rings is 1. The van der Waals surface area contributed by atoms with Crippen molar-refractivity contribution in [1.82, 2.24) is 15.5 Å². The van der Waals surface area contributed by atoms with Gasteiger partial charge in [0, 0.05) is 25.6 Å². The highest BCUT2D eigenvalue weighted by atomic mass is 32.2. The van der Waals surface area contributed by atoms with Gasteiger partial charge in [0.1, 0.15) is 0 Å². The van der Waals surface area contributed by atoms with E-state index >= 15 is 0 Å². The molecule has 1 aromatic carbocycles. The van der Waals surface area contributed by atoms with Crippen molar-refractivity contribution >= 4 is 21.8 Å². The summed E-state index contributed by atoms with van der Waals surface area (Å²) in [6, 6.07) is 6.32. The van der Waals surface area contributed by atoms with E-state index in [0.29, 0.717) is 32.7 Å². The van der Waals surface area contributed by atoms with Crippen LogP contribution in [0.1, 0.15) is 38.7 Å². The number of rotatable bonds is 12. The molecule has 2 rings (SSSR count). The predicted molar refractivity (Wildman–Crippen MR) is 122 cm³/mol. The van der Waals surface area contributed by atoms with Crippen LogP contribution in [0, 0.1) is 5.92 Å². The van der Waals surface area contributed by atoms with Crippen molar-refractivity contribution in [2.24, 2.45) is 11.1 Å². The number of nitrogens with one attached hydrogen (secondary N) is 2. The Hall–Kier alpha value is -2.01. The fourth-order valence-electron chi connectivity index (χ4n) is 3.55. The molecule has 10 heteroatoms. The maximum Gasteiger partial charge on any atom is 0.238 e. The van der Waals surface area contributed by atoms with Crippen molar-refractivity contribution in [3.8, 4) is 0 Å². The first-order valence-electron chi connectivity index (χ1n) is 11.1. The molecule has 1 aliphatic heterocycles. The number of carbonyl (C=O) groups is 2. The Bertz CT molecular complexity index is 834. The van der Waals surface area contributed by atoms with Gasteiger partial charge in [0.15, 0.2) is 0 Å². The third-order valence-electron chi connectivity index (χ3n) is 5.38. The molecule has 0 atom stereocenters. The summed E-state index contributed by atoms with van der Waals surface area (Å²) in [6.07, 6.45) is 3.10. The zero-order valence-electron chi connectivity index (χ0n) is 19.0. The zero-order chi connectivity index (χ0) is 23.6. The van der Waals surface area contributed by atoms with E-state index in [1.165, 1.54) is 12.1 Å². The summed E-state index contributed by atoms with van der Waals surface area (Å²) in [6.45, 7) is 7.46. The summed E-state index contributed by atoms with van der Waals surface area (Å²) in [5, 5.41) is 11.0. The lowest BCUT2D eigenvalue weighted by Gasteiger charge is -2.30. The number of hydrogen-bond acceptors (Lipinski definition) is 6. The number of benzene rings is 1. The summed E-state index contributed by atoms with van der Waals surface area (Å²) in [7, 11) is -3.69. The Morgan fingerprint density at radius 1 is 1.12 bits per heavy atom. The molecule has 0 saturated carbocycles. The highest BCUT2D eigenvalue weighted by molar-refractivity contribution is 7.89. The Morgan fingerprint density at radius 3 is 2.38 bits per heavy atom. The van der Waals surface area contributed by atoms with Crippen molar-refractivity contribution in [3.05, 3.63) is 29.8 Å². The third-order valence-corrected chi connectivity index (χ3v) is 6.31. The first-order valence-corrected chi connectivity index (χ1v) is 12.7. The van der Waals surface area contributed by atoms with Gasteiger partial charge >= 0.3 is 0 Å². The van der Waals surface area contributed by atoms with Gasteiger partial charge in [-0.05, 0) is 70.3 Å². The summed E-state index contributed by atoms with van der Waals surface area (Å²) >= 11 is 0. The molecule has 0 bridgehead atoms. The molecule has 2 amide bonds.